The maximum atomic E-state index is 11.8. The average molecular weight is 307 g/mol. The molecule has 5 nitrogen and oxygen atoms in total. The molecular formula is C17H25NO4. The number of carbonyl (C=O) groups is 2. The van der Waals surface area contributed by atoms with Crippen molar-refractivity contribution >= 4 is 11.9 Å². The number of carbonyl (C=O) groups excluding carboxylic acids is 1. The minimum absolute atomic E-state index is 0.0564. The molecular weight excluding hydrogens is 282 g/mol. The molecule has 0 aliphatic carbocycles. The third-order valence-corrected chi connectivity index (χ3v) is 3.35. The zero-order valence-electron chi connectivity index (χ0n) is 13.4. The molecule has 0 fully saturated rings. The fourth-order valence-electron chi connectivity index (χ4n) is 2.06. The lowest BCUT2D eigenvalue weighted by atomic mass is 10.2. The van der Waals surface area contributed by atoms with Crippen molar-refractivity contribution in [2.75, 3.05) is 20.2 Å². The maximum Gasteiger partial charge on any atom is 0.303 e. The van der Waals surface area contributed by atoms with E-state index in [1.54, 1.807) is 11.9 Å². The van der Waals surface area contributed by atoms with Gasteiger partial charge in [-0.1, -0.05) is 12.1 Å². The summed E-state index contributed by atoms with van der Waals surface area (Å²) in [4.78, 5) is 23.9. The smallest absolute Gasteiger partial charge is 0.303 e. The molecule has 5 heteroatoms. The first-order valence-electron chi connectivity index (χ1n) is 7.64. The number of aliphatic carboxylic acids is 1. The summed E-state index contributed by atoms with van der Waals surface area (Å²) >= 11 is 0. The first-order chi connectivity index (χ1) is 10.5. The van der Waals surface area contributed by atoms with E-state index in [1.165, 1.54) is 0 Å². The molecule has 0 bridgehead atoms. The molecule has 1 amide bonds. The quantitative estimate of drug-likeness (QED) is 0.675. The fourth-order valence-corrected chi connectivity index (χ4v) is 2.06. The van der Waals surface area contributed by atoms with Crippen molar-refractivity contribution in [3.63, 3.8) is 0 Å². The molecule has 0 aromatic heterocycles. The Balaban J connectivity index is 2.10. The van der Waals surface area contributed by atoms with Crippen LogP contribution in [0.3, 0.4) is 0 Å². The van der Waals surface area contributed by atoms with Gasteiger partial charge in [0.05, 0.1) is 6.61 Å². The van der Waals surface area contributed by atoms with Crippen molar-refractivity contribution in [3.8, 4) is 5.75 Å². The number of carboxylic acid groups (broad SMARTS) is 1. The van der Waals surface area contributed by atoms with Crippen LogP contribution in [0.5, 0.6) is 5.75 Å². The molecule has 22 heavy (non-hydrogen) atoms. The van der Waals surface area contributed by atoms with Crippen LogP contribution in [0.25, 0.3) is 0 Å². The molecule has 1 N–H and O–H groups in total. The summed E-state index contributed by atoms with van der Waals surface area (Å²) in [6.45, 7) is 3.11. The molecule has 122 valence electrons. The van der Waals surface area contributed by atoms with Crippen molar-refractivity contribution in [1.29, 1.82) is 0 Å². The number of hydrogen-bond acceptors (Lipinski definition) is 3. The van der Waals surface area contributed by atoms with Crippen LogP contribution in [0, 0.1) is 6.92 Å². The van der Waals surface area contributed by atoms with Crippen molar-refractivity contribution in [2.24, 2.45) is 0 Å². The van der Waals surface area contributed by atoms with Gasteiger partial charge >= 0.3 is 5.97 Å². The monoisotopic (exact) mass is 307 g/mol. The first kappa shape index (κ1) is 18.0. The van der Waals surface area contributed by atoms with E-state index < -0.39 is 5.97 Å². The summed E-state index contributed by atoms with van der Waals surface area (Å²) in [5.41, 5.74) is 1.16. The van der Waals surface area contributed by atoms with E-state index in [9.17, 15) is 9.59 Å². The van der Waals surface area contributed by atoms with Gasteiger partial charge in [0.1, 0.15) is 5.75 Å². The summed E-state index contributed by atoms with van der Waals surface area (Å²) in [6.07, 6.45) is 2.66. The first-order valence-corrected chi connectivity index (χ1v) is 7.64. The lowest BCUT2D eigenvalue weighted by Crippen LogP contribution is -2.27. The van der Waals surface area contributed by atoms with Gasteiger partial charge in [-0.2, -0.15) is 0 Å². The normalized spacial score (nSPS) is 10.3. The van der Waals surface area contributed by atoms with E-state index in [2.05, 4.69) is 0 Å². The molecule has 0 saturated carbocycles. The van der Waals surface area contributed by atoms with Crippen LogP contribution < -0.4 is 4.74 Å². The Morgan fingerprint density at radius 3 is 2.64 bits per heavy atom. The third-order valence-electron chi connectivity index (χ3n) is 3.35. The lowest BCUT2D eigenvalue weighted by molar-refractivity contribution is -0.138. The number of aryl methyl sites for hydroxylation is 1. The Labute approximate surface area is 131 Å². The zero-order valence-corrected chi connectivity index (χ0v) is 13.4. The van der Waals surface area contributed by atoms with Crippen LogP contribution in [0.1, 0.15) is 37.7 Å². The van der Waals surface area contributed by atoms with Gasteiger partial charge in [0.2, 0.25) is 5.91 Å². The number of ether oxygens (including phenoxy) is 1. The second-order valence-corrected chi connectivity index (χ2v) is 5.43. The zero-order chi connectivity index (χ0) is 16.4. The van der Waals surface area contributed by atoms with Crippen LogP contribution in [-0.4, -0.2) is 42.1 Å². The van der Waals surface area contributed by atoms with Crippen LogP contribution in [-0.2, 0) is 9.59 Å². The number of benzene rings is 1. The van der Waals surface area contributed by atoms with Crippen LogP contribution in [0.2, 0.25) is 0 Å². The predicted molar refractivity (Wildman–Crippen MR) is 85.0 cm³/mol. The molecule has 1 aromatic carbocycles. The topological polar surface area (TPSA) is 66.8 Å². The van der Waals surface area contributed by atoms with Gasteiger partial charge < -0.3 is 14.7 Å². The molecule has 0 radical (unpaired) electrons. The predicted octanol–water partition coefficient (Wildman–Crippen LogP) is 2.87. The van der Waals surface area contributed by atoms with E-state index in [0.29, 0.717) is 26.0 Å². The average Bonchev–Trinajstić information content (AvgIpc) is 2.46. The number of unbranched alkanes of at least 4 members (excludes halogenated alkanes) is 1. The molecule has 0 saturated heterocycles. The number of carboxylic acids is 1. The Hall–Kier alpha value is -2.04. The molecule has 0 atom stereocenters. The van der Waals surface area contributed by atoms with E-state index in [1.807, 2.05) is 31.2 Å². The van der Waals surface area contributed by atoms with Crippen LogP contribution in [0.4, 0.5) is 0 Å². The van der Waals surface area contributed by atoms with Gasteiger partial charge in [0.15, 0.2) is 0 Å². The Bertz CT molecular complexity index is 487. The number of amides is 1. The van der Waals surface area contributed by atoms with Gasteiger partial charge in [-0.3, -0.25) is 9.59 Å². The maximum absolute atomic E-state index is 11.8. The van der Waals surface area contributed by atoms with Crippen molar-refractivity contribution in [3.05, 3.63) is 29.8 Å². The lowest BCUT2D eigenvalue weighted by Gasteiger charge is -2.16. The highest BCUT2D eigenvalue weighted by Gasteiger charge is 2.08. The van der Waals surface area contributed by atoms with Crippen molar-refractivity contribution in [2.45, 2.75) is 39.0 Å². The van der Waals surface area contributed by atoms with E-state index >= 15 is 0 Å². The highest BCUT2D eigenvalue weighted by Crippen LogP contribution is 2.13. The molecule has 1 rings (SSSR count). The minimum Gasteiger partial charge on any atom is -0.494 e. The van der Waals surface area contributed by atoms with Crippen LogP contribution >= 0.6 is 0 Å². The molecule has 1 aromatic rings. The molecule has 0 heterocycles. The summed E-state index contributed by atoms with van der Waals surface area (Å²) in [6, 6.07) is 7.89. The largest absolute Gasteiger partial charge is 0.494 e. The molecule has 0 aliphatic rings. The van der Waals surface area contributed by atoms with E-state index in [0.717, 1.165) is 24.2 Å². The number of nitrogens with zero attached hydrogens (tertiary/aromatic N) is 1. The summed E-state index contributed by atoms with van der Waals surface area (Å²) in [5.74, 6) is 0.0900. The second kappa shape index (κ2) is 9.82. The summed E-state index contributed by atoms with van der Waals surface area (Å²) < 4.78 is 5.63. The number of hydrogen-bond donors (Lipinski definition) is 1. The summed E-state index contributed by atoms with van der Waals surface area (Å²) in [7, 11) is 1.72. The Kier molecular flexibility index (Phi) is 8.04. The SMILES string of the molecule is Cc1cccc(OCCCCC(=O)N(C)CCCC(=O)O)c1. The Morgan fingerprint density at radius 1 is 1.18 bits per heavy atom. The van der Waals surface area contributed by atoms with Crippen molar-refractivity contribution < 1.29 is 19.4 Å². The van der Waals surface area contributed by atoms with Gasteiger partial charge in [-0.25, -0.2) is 0 Å². The highest BCUT2D eigenvalue weighted by atomic mass is 16.5. The third kappa shape index (κ3) is 7.67. The van der Waals surface area contributed by atoms with E-state index in [4.69, 9.17) is 9.84 Å². The van der Waals surface area contributed by atoms with Gasteiger partial charge in [0, 0.05) is 26.4 Å². The highest BCUT2D eigenvalue weighted by molar-refractivity contribution is 5.75. The van der Waals surface area contributed by atoms with Crippen LogP contribution in [0.15, 0.2) is 24.3 Å². The molecule has 0 spiro atoms. The van der Waals surface area contributed by atoms with E-state index in [-0.39, 0.29) is 12.3 Å². The van der Waals surface area contributed by atoms with Gasteiger partial charge in [0.25, 0.3) is 0 Å². The standard InChI is InChI=1S/C17H25NO4/c1-14-7-5-8-15(13-14)22-12-4-3-9-16(19)18(2)11-6-10-17(20)21/h5,7-8,13H,3-4,6,9-12H2,1-2H3,(H,20,21). The van der Waals surface area contributed by atoms with Gasteiger partial charge in [-0.15, -0.1) is 0 Å². The minimum atomic E-state index is -0.825. The van der Waals surface area contributed by atoms with Gasteiger partial charge in [-0.05, 0) is 43.9 Å². The number of rotatable bonds is 10. The second-order valence-electron chi connectivity index (χ2n) is 5.43. The Morgan fingerprint density at radius 2 is 1.95 bits per heavy atom. The fraction of sp³-hybridized carbons (Fsp3) is 0.529. The van der Waals surface area contributed by atoms with Crippen molar-refractivity contribution in [1.82, 2.24) is 4.90 Å². The molecule has 0 unspecified atom stereocenters. The summed E-state index contributed by atoms with van der Waals surface area (Å²) in [5, 5.41) is 8.56. The molecule has 0 aliphatic heterocycles.